The first-order valence-electron chi connectivity index (χ1n) is 24.2. The monoisotopic (exact) mass is 978 g/mol. The van der Waals surface area contributed by atoms with Crippen LogP contribution in [-0.2, 0) is 47.9 Å². The Kier molecular flexibility index (Phi) is 24.1. The number of amides is 9. The number of carbonyl (C=O) groups is 9. The molecule has 0 aromatic heterocycles. The van der Waals surface area contributed by atoms with Gasteiger partial charge in [0.15, 0.2) is 0 Å². The van der Waals surface area contributed by atoms with Crippen LogP contribution in [0.1, 0.15) is 130 Å². The van der Waals surface area contributed by atoms with Gasteiger partial charge in [0.25, 0.3) is 11.8 Å². The Morgan fingerprint density at radius 3 is 1.51 bits per heavy atom. The summed E-state index contributed by atoms with van der Waals surface area (Å²) in [6.45, 7) is 25.4. The van der Waals surface area contributed by atoms with E-state index < -0.39 is 125 Å². The Morgan fingerprint density at radius 2 is 1.04 bits per heavy atom. The van der Waals surface area contributed by atoms with E-state index in [0.29, 0.717) is 0 Å². The number of aliphatic hydroxyl groups excluding tert-OH is 1. The van der Waals surface area contributed by atoms with Crippen LogP contribution < -0.4 is 16.0 Å². The molecule has 1 rings (SSSR count). The fraction of sp³-hybridized carbons (Fsp3) is 0.796. The molecule has 0 saturated carbocycles. The zero-order valence-corrected chi connectivity index (χ0v) is 45.3. The van der Waals surface area contributed by atoms with Crippen molar-refractivity contribution in [1.82, 2.24) is 40.4 Å². The third kappa shape index (κ3) is 18.4. The summed E-state index contributed by atoms with van der Waals surface area (Å²) in [5, 5.41) is 19.2. The molecule has 0 saturated heterocycles. The van der Waals surface area contributed by atoms with Gasteiger partial charge in [0.05, 0.1) is 18.3 Å². The molecule has 0 spiro atoms. The molecule has 0 aromatic rings. The van der Waals surface area contributed by atoms with Crippen molar-refractivity contribution in [2.45, 2.75) is 190 Å². The zero-order valence-electron chi connectivity index (χ0n) is 45.3. The maximum Gasteiger partial charge on any atom is 0.271 e. The van der Waals surface area contributed by atoms with E-state index in [-0.39, 0.29) is 50.0 Å². The molecule has 69 heavy (non-hydrogen) atoms. The van der Waals surface area contributed by atoms with Gasteiger partial charge in [-0.3, -0.25) is 43.2 Å². The van der Waals surface area contributed by atoms with Crippen molar-refractivity contribution in [2.75, 3.05) is 41.8 Å². The van der Waals surface area contributed by atoms with Crippen LogP contribution >= 0.6 is 0 Å². The summed E-state index contributed by atoms with van der Waals surface area (Å²) in [6.07, 6.45) is -1.43. The highest BCUT2D eigenvalue weighted by Crippen LogP contribution is 2.21. The average molecular weight is 978 g/mol. The SMILES string of the molecule is CC(C)C[C@H]1C(=O)N(C)[C@@H](C)C(=O)N(C)[C@@H](CC(C)C)C(=O)N=C(C(C)O)C(=O)N(C)[C@@H](C)C(=O)N(C)[C@@H](CC(C)C)C(=O)N[C@@H](COC(C)(C)C)C(=O)N[C@@H](C)CC(=O)N[C@H](C(C)C)C(=O)N1C. The van der Waals surface area contributed by atoms with Crippen molar-refractivity contribution in [3.63, 3.8) is 0 Å². The lowest BCUT2D eigenvalue weighted by atomic mass is 9.97. The number of aliphatic imine (C=N–C) groups is 1. The summed E-state index contributed by atoms with van der Waals surface area (Å²) in [6, 6.07) is -9.10. The summed E-state index contributed by atoms with van der Waals surface area (Å²) < 4.78 is 5.95. The summed E-state index contributed by atoms with van der Waals surface area (Å²) in [5.74, 6) is -7.12. The molecular formula is C49H87N9O11. The van der Waals surface area contributed by atoms with Gasteiger partial charge in [0.2, 0.25) is 41.4 Å². The number of carbonyl (C=O) groups excluding carboxylic acids is 9. The van der Waals surface area contributed by atoms with Crippen LogP contribution in [0.25, 0.3) is 0 Å². The molecule has 9 atom stereocenters. The van der Waals surface area contributed by atoms with Crippen LogP contribution in [-0.4, -0.2) is 190 Å². The summed E-state index contributed by atoms with van der Waals surface area (Å²) >= 11 is 0. The van der Waals surface area contributed by atoms with Gasteiger partial charge >= 0.3 is 0 Å². The van der Waals surface area contributed by atoms with Crippen molar-refractivity contribution >= 4 is 58.9 Å². The Bertz CT molecular complexity index is 1860. The second-order valence-corrected chi connectivity index (χ2v) is 21.4. The van der Waals surface area contributed by atoms with Gasteiger partial charge in [-0.2, -0.15) is 0 Å². The first-order chi connectivity index (χ1) is 31.5. The normalized spacial score (nSPS) is 26.7. The molecule has 394 valence electrons. The molecule has 1 unspecified atom stereocenters. The minimum Gasteiger partial charge on any atom is -0.387 e. The summed E-state index contributed by atoms with van der Waals surface area (Å²) in [5.41, 5.74) is -1.33. The lowest BCUT2D eigenvalue weighted by Crippen LogP contribution is -2.60. The molecule has 20 nitrogen and oxygen atoms in total. The van der Waals surface area contributed by atoms with E-state index in [0.717, 1.165) is 9.80 Å². The van der Waals surface area contributed by atoms with Crippen LogP contribution in [0.15, 0.2) is 4.99 Å². The second-order valence-electron chi connectivity index (χ2n) is 21.4. The highest BCUT2D eigenvalue weighted by molar-refractivity contribution is 6.42. The predicted molar refractivity (Wildman–Crippen MR) is 263 cm³/mol. The minimum atomic E-state index is -1.60. The fourth-order valence-electron chi connectivity index (χ4n) is 7.73. The maximum absolute atomic E-state index is 14.4. The van der Waals surface area contributed by atoms with Crippen LogP contribution in [0.3, 0.4) is 0 Å². The number of ether oxygens (including phenoxy) is 1. The third-order valence-corrected chi connectivity index (χ3v) is 12.2. The molecule has 0 bridgehead atoms. The Hall–Kier alpha value is -4.98. The predicted octanol–water partition coefficient (Wildman–Crippen LogP) is 2.00. The molecule has 1 aliphatic heterocycles. The second kappa shape index (κ2) is 26.8. The van der Waals surface area contributed by atoms with Gasteiger partial charge < -0.3 is 50.3 Å². The number of hydrogen-bond acceptors (Lipinski definition) is 11. The van der Waals surface area contributed by atoms with Gasteiger partial charge in [0.1, 0.15) is 48.0 Å². The standard InChI is InChI=1S/C49H87N9O11/c1-26(2)21-35-42(62)51-34(25-69-49(13,14)15)41(61)50-30(9)24-38(60)52-39(29(7)8)47(67)58(20)37(23-28(5)6)46(66)54(16)31(10)44(64)57(19)36(22-27(3)4)43(63)53-40(33(12)59)48(68)55(17)32(11)45(65)56(35)18/h26-37,39,59H,21-25H2,1-20H3,(H,50,61)(H,51,62)(H,52,60)/t30-,31-,32-,33?,34-,35-,36-,37-,39+/m0/s1. The smallest absolute Gasteiger partial charge is 0.271 e. The van der Waals surface area contributed by atoms with E-state index in [4.69, 9.17) is 4.74 Å². The average Bonchev–Trinajstić information content (AvgIpc) is 3.24. The molecule has 1 heterocycles. The fourth-order valence-corrected chi connectivity index (χ4v) is 7.73. The van der Waals surface area contributed by atoms with Crippen molar-refractivity contribution in [2.24, 2.45) is 28.7 Å². The van der Waals surface area contributed by atoms with Gasteiger partial charge in [0, 0.05) is 47.7 Å². The lowest BCUT2D eigenvalue weighted by Gasteiger charge is -2.38. The molecule has 0 aliphatic carbocycles. The molecule has 4 N–H and O–H groups in total. The number of aliphatic hydroxyl groups is 1. The Balaban J connectivity index is 4.12. The largest absolute Gasteiger partial charge is 0.387 e. The molecule has 1 aliphatic rings. The molecule has 0 radical (unpaired) electrons. The van der Waals surface area contributed by atoms with Crippen LogP contribution in [0.2, 0.25) is 0 Å². The lowest BCUT2D eigenvalue weighted by molar-refractivity contribution is -0.152. The van der Waals surface area contributed by atoms with E-state index in [1.165, 1.54) is 70.7 Å². The van der Waals surface area contributed by atoms with E-state index >= 15 is 0 Å². The zero-order chi connectivity index (χ0) is 53.7. The number of likely N-dealkylation sites (N-methyl/N-ethyl adjacent to an activating group) is 5. The first kappa shape index (κ1) is 62.0. The number of nitrogens with one attached hydrogen (secondary N) is 3. The van der Waals surface area contributed by atoms with Crippen LogP contribution in [0.4, 0.5) is 0 Å². The number of rotatable bonds is 10. The minimum absolute atomic E-state index is 0.0875. The van der Waals surface area contributed by atoms with Gasteiger partial charge in [-0.1, -0.05) is 55.4 Å². The van der Waals surface area contributed by atoms with Gasteiger partial charge in [-0.05, 0) is 91.4 Å². The first-order valence-corrected chi connectivity index (χ1v) is 24.2. The van der Waals surface area contributed by atoms with E-state index in [1.54, 1.807) is 41.5 Å². The Morgan fingerprint density at radius 1 is 0.594 bits per heavy atom. The van der Waals surface area contributed by atoms with E-state index in [9.17, 15) is 48.3 Å². The van der Waals surface area contributed by atoms with Crippen LogP contribution in [0, 0.1) is 23.7 Å². The molecular weight excluding hydrogens is 891 g/mol. The summed E-state index contributed by atoms with van der Waals surface area (Å²) in [4.78, 5) is 137. The molecule has 0 fully saturated rings. The number of hydrogen-bond donors (Lipinski definition) is 4. The van der Waals surface area contributed by atoms with Crippen molar-refractivity contribution in [3.05, 3.63) is 0 Å². The van der Waals surface area contributed by atoms with E-state index in [2.05, 4.69) is 20.9 Å². The highest BCUT2D eigenvalue weighted by Gasteiger charge is 2.41. The van der Waals surface area contributed by atoms with Crippen molar-refractivity contribution in [1.29, 1.82) is 0 Å². The maximum atomic E-state index is 14.4. The molecule has 20 heteroatoms. The van der Waals surface area contributed by atoms with Crippen molar-refractivity contribution in [3.8, 4) is 0 Å². The molecule has 9 amide bonds. The van der Waals surface area contributed by atoms with Gasteiger partial charge in [-0.15, -0.1) is 0 Å². The van der Waals surface area contributed by atoms with Crippen LogP contribution in [0.5, 0.6) is 0 Å². The summed E-state index contributed by atoms with van der Waals surface area (Å²) in [7, 11) is 6.96. The quantitative estimate of drug-likeness (QED) is 0.247. The van der Waals surface area contributed by atoms with Crippen molar-refractivity contribution < 1.29 is 53.0 Å². The number of nitrogens with zero attached hydrogens (tertiary/aromatic N) is 6. The third-order valence-electron chi connectivity index (χ3n) is 12.2. The molecule has 0 aromatic carbocycles. The van der Waals surface area contributed by atoms with E-state index in [1.807, 2.05) is 41.5 Å². The van der Waals surface area contributed by atoms with Gasteiger partial charge in [-0.25, -0.2) is 4.99 Å². The topological polar surface area (TPSA) is 248 Å². The Labute approximate surface area is 411 Å². The highest BCUT2D eigenvalue weighted by atomic mass is 16.5.